The number of rotatable bonds is 1. The van der Waals surface area contributed by atoms with E-state index in [2.05, 4.69) is 5.32 Å². The molecule has 0 aliphatic carbocycles. The molecular weight excluding hydrogens is 234 g/mol. The van der Waals surface area contributed by atoms with Crippen molar-refractivity contribution in [1.29, 1.82) is 0 Å². The van der Waals surface area contributed by atoms with Gasteiger partial charge in [-0.3, -0.25) is 0 Å². The van der Waals surface area contributed by atoms with Crippen LogP contribution in [0.4, 0.5) is 17.6 Å². The topological polar surface area (TPSA) is 12.0 Å². The van der Waals surface area contributed by atoms with Crippen molar-refractivity contribution in [2.75, 3.05) is 13.1 Å². The summed E-state index contributed by atoms with van der Waals surface area (Å²) >= 11 is 0. The lowest BCUT2D eigenvalue weighted by Crippen LogP contribution is -2.29. The fourth-order valence-corrected chi connectivity index (χ4v) is 2.20. The van der Waals surface area contributed by atoms with Crippen LogP contribution in [0.2, 0.25) is 0 Å². The first-order chi connectivity index (χ1) is 8.00. The molecule has 1 fully saturated rings. The number of benzene rings is 1. The Morgan fingerprint density at radius 2 is 2.00 bits per heavy atom. The van der Waals surface area contributed by atoms with E-state index in [9.17, 15) is 17.6 Å². The van der Waals surface area contributed by atoms with E-state index in [4.69, 9.17) is 0 Å². The van der Waals surface area contributed by atoms with E-state index in [-0.39, 0.29) is 11.5 Å². The summed E-state index contributed by atoms with van der Waals surface area (Å²) in [4.78, 5) is 0. The van der Waals surface area contributed by atoms with Crippen molar-refractivity contribution in [2.45, 2.75) is 24.9 Å². The standard InChI is InChI=1S/C12H13F4N/c13-11-9(8-3-2-6-17-7-8)4-1-5-10(11)12(14,15)16/h1,4-5,8,17H,2-3,6-7H2/t8-/m1/s1. The van der Waals surface area contributed by atoms with Crippen LogP contribution < -0.4 is 5.32 Å². The van der Waals surface area contributed by atoms with Gasteiger partial charge in [0.1, 0.15) is 5.82 Å². The van der Waals surface area contributed by atoms with Crippen LogP contribution in [0, 0.1) is 5.82 Å². The molecule has 1 saturated heterocycles. The molecule has 1 aliphatic rings. The summed E-state index contributed by atoms with van der Waals surface area (Å²) in [6, 6.07) is 3.51. The second-order valence-corrected chi connectivity index (χ2v) is 4.25. The fourth-order valence-electron chi connectivity index (χ4n) is 2.20. The van der Waals surface area contributed by atoms with E-state index in [1.807, 2.05) is 0 Å². The van der Waals surface area contributed by atoms with Crippen LogP contribution in [0.3, 0.4) is 0 Å². The SMILES string of the molecule is Fc1c([C@@H]2CCCNC2)cccc1C(F)(F)F. The minimum Gasteiger partial charge on any atom is -0.316 e. The van der Waals surface area contributed by atoms with Gasteiger partial charge in [-0.15, -0.1) is 0 Å². The summed E-state index contributed by atoms with van der Waals surface area (Å²) in [6.07, 6.45) is -3.03. The summed E-state index contributed by atoms with van der Waals surface area (Å²) in [5.74, 6) is -1.28. The molecule has 1 nitrogen and oxygen atoms in total. The molecule has 0 saturated carbocycles. The van der Waals surface area contributed by atoms with E-state index in [1.165, 1.54) is 12.1 Å². The lowest BCUT2D eigenvalue weighted by molar-refractivity contribution is -0.140. The smallest absolute Gasteiger partial charge is 0.316 e. The normalized spacial score (nSPS) is 21.5. The van der Waals surface area contributed by atoms with Crippen LogP contribution in [-0.4, -0.2) is 13.1 Å². The van der Waals surface area contributed by atoms with Gasteiger partial charge < -0.3 is 5.32 Å². The van der Waals surface area contributed by atoms with Gasteiger partial charge in [0.05, 0.1) is 5.56 Å². The average molecular weight is 247 g/mol. The lowest BCUT2D eigenvalue weighted by atomic mass is 9.90. The molecule has 1 atom stereocenters. The molecule has 1 N–H and O–H groups in total. The highest BCUT2D eigenvalue weighted by Crippen LogP contribution is 2.35. The Morgan fingerprint density at radius 1 is 1.24 bits per heavy atom. The summed E-state index contributed by atoms with van der Waals surface area (Å²) in [5, 5.41) is 3.07. The summed E-state index contributed by atoms with van der Waals surface area (Å²) in [5.41, 5.74) is -0.993. The van der Waals surface area contributed by atoms with E-state index in [1.54, 1.807) is 0 Å². The van der Waals surface area contributed by atoms with Crippen LogP contribution >= 0.6 is 0 Å². The molecule has 0 bridgehead atoms. The molecule has 94 valence electrons. The van der Waals surface area contributed by atoms with Crippen LogP contribution in [-0.2, 0) is 6.18 Å². The molecule has 1 aromatic carbocycles. The van der Waals surface area contributed by atoms with Crippen molar-refractivity contribution in [2.24, 2.45) is 0 Å². The Labute approximate surface area is 96.8 Å². The molecule has 1 heterocycles. The number of halogens is 4. The van der Waals surface area contributed by atoms with Crippen LogP contribution in [0.1, 0.15) is 29.9 Å². The van der Waals surface area contributed by atoms with Crippen LogP contribution in [0.25, 0.3) is 0 Å². The largest absolute Gasteiger partial charge is 0.419 e. The number of alkyl halides is 3. The maximum absolute atomic E-state index is 13.8. The predicted octanol–water partition coefficient (Wildman–Crippen LogP) is 3.31. The molecule has 0 unspecified atom stereocenters. The Kier molecular flexibility index (Phi) is 3.38. The first-order valence-electron chi connectivity index (χ1n) is 5.56. The highest BCUT2D eigenvalue weighted by atomic mass is 19.4. The van der Waals surface area contributed by atoms with Crippen molar-refractivity contribution < 1.29 is 17.6 Å². The molecular formula is C12H13F4N. The molecule has 0 spiro atoms. The molecule has 0 amide bonds. The molecule has 5 heteroatoms. The Bertz CT molecular complexity index is 394. The summed E-state index contributed by atoms with van der Waals surface area (Å²) in [6.45, 7) is 1.38. The van der Waals surface area contributed by atoms with Gasteiger partial charge in [0.15, 0.2) is 0 Å². The molecule has 1 aliphatic heterocycles. The number of hydrogen-bond donors (Lipinski definition) is 1. The van der Waals surface area contributed by atoms with Crippen LogP contribution in [0.5, 0.6) is 0 Å². The van der Waals surface area contributed by atoms with Gasteiger partial charge in [0.2, 0.25) is 0 Å². The maximum atomic E-state index is 13.8. The van der Waals surface area contributed by atoms with Gasteiger partial charge in [0.25, 0.3) is 0 Å². The van der Waals surface area contributed by atoms with Gasteiger partial charge >= 0.3 is 6.18 Å². The van der Waals surface area contributed by atoms with Gasteiger partial charge in [-0.05, 0) is 36.9 Å². The average Bonchev–Trinajstić information content (AvgIpc) is 2.29. The zero-order chi connectivity index (χ0) is 12.5. The Morgan fingerprint density at radius 3 is 2.59 bits per heavy atom. The molecule has 1 aromatic rings. The number of hydrogen-bond acceptors (Lipinski definition) is 1. The fraction of sp³-hybridized carbons (Fsp3) is 0.500. The van der Waals surface area contributed by atoms with E-state index in [0.29, 0.717) is 6.54 Å². The van der Waals surface area contributed by atoms with Crippen molar-refractivity contribution in [3.8, 4) is 0 Å². The Hall–Kier alpha value is -1.10. The summed E-state index contributed by atoms with van der Waals surface area (Å²) in [7, 11) is 0. The second kappa shape index (κ2) is 4.64. The molecule has 17 heavy (non-hydrogen) atoms. The van der Waals surface area contributed by atoms with Gasteiger partial charge in [-0.2, -0.15) is 13.2 Å². The van der Waals surface area contributed by atoms with Gasteiger partial charge in [-0.25, -0.2) is 4.39 Å². The van der Waals surface area contributed by atoms with Crippen molar-refractivity contribution >= 4 is 0 Å². The monoisotopic (exact) mass is 247 g/mol. The predicted molar refractivity (Wildman–Crippen MR) is 56.2 cm³/mol. The molecule has 0 radical (unpaired) electrons. The third-order valence-corrected chi connectivity index (χ3v) is 3.07. The van der Waals surface area contributed by atoms with E-state index >= 15 is 0 Å². The minimum absolute atomic E-state index is 0.161. The van der Waals surface area contributed by atoms with Crippen molar-refractivity contribution in [3.63, 3.8) is 0 Å². The zero-order valence-electron chi connectivity index (χ0n) is 9.15. The van der Waals surface area contributed by atoms with Crippen molar-refractivity contribution in [1.82, 2.24) is 5.32 Å². The van der Waals surface area contributed by atoms with Crippen molar-refractivity contribution in [3.05, 3.63) is 35.1 Å². The quantitative estimate of drug-likeness (QED) is 0.751. The van der Waals surface area contributed by atoms with Gasteiger partial charge in [-0.1, -0.05) is 12.1 Å². The third-order valence-electron chi connectivity index (χ3n) is 3.07. The zero-order valence-corrected chi connectivity index (χ0v) is 9.15. The second-order valence-electron chi connectivity index (χ2n) is 4.25. The number of nitrogens with one attached hydrogen (secondary N) is 1. The van der Waals surface area contributed by atoms with E-state index < -0.39 is 17.6 Å². The molecule has 2 rings (SSSR count). The van der Waals surface area contributed by atoms with Gasteiger partial charge in [0, 0.05) is 6.54 Å². The third kappa shape index (κ3) is 2.60. The highest BCUT2D eigenvalue weighted by molar-refractivity contribution is 5.31. The minimum atomic E-state index is -4.62. The molecule has 0 aromatic heterocycles. The lowest BCUT2D eigenvalue weighted by Gasteiger charge is -2.24. The highest BCUT2D eigenvalue weighted by Gasteiger charge is 2.35. The van der Waals surface area contributed by atoms with E-state index in [0.717, 1.165) is 25.5 Å². The maximum Gasteiger partial charge on any atom is 0.419 e. The first-order valence-corrected chi connectivity index (χ1v) is 5.56. The number of piperidine rings is 1. The first kappa shape index (κ1) is 12.4. The summed E-state index contributed by atoms with van der Waals surface area (Å²) < 4.78 is 51.4. The Balaban J connectivity index is 2.35. The van der Waals surface area contributed by atoms with Crippen LogP contribution in [0.15, 0.2) is 18.2 Å².